The lowest BCUT2D eigenvalue weighted by atomic mass is 10.1. The molecule has 1 aliphatic heterocycles. The van der Waals surface area contributed by atoms with Crippen molar-refractivity contribution in [2.45, 2.75) is 25.5 Å². The van der Waals surface area contributed by atoms with Gasteiger partial charge >= 0.3 is 0 Å². The van der Waals surface area contributed by atoms with Crippen LogP contribution in [0.1, 0.15) is 23.8 Å². The number of hydrogen-bond acceptors (Lipinski definition) is 4. The Bertz CT molecular complexity index is 434. The van der Waals surface area contributed by atoms with Crippen molar-refractivity contribution in [2.24, 2.45) is 0 Å². The zero-order valence-electron chi connectivity index (χ0n) is 11.0. The van der Waals surface area contributed by atoms with Crippen molar-refractivity contribution in [1.82, 2.24) is 9.88 Å². The average molecular weight is 249 g/mol. The van der Waals surface area contributed by atoms with Crippen LogP contribution in [-0.2, 0) is 4.74 Å². The van der Waals surface area contributed by atoms with Gasteiger partial charge in [-0.25, -0.2) is 0 Å². The maximum atomic E-state index is 11.8. The van der Waals surface area contributed by atoms with E-state index in [0.29, 0.717) is 11.7 Å². The van der Waals surface area contributed by atoms with E-state index in [0.717, 1.165) is 18.7 Å². The van der Waals surface area contributed by atoms with Crippen molar-refractivity contribution in [3.05, 3.63) is 24.0 Å². The summed E-state index contributed by atoms with van der Waals surface area (Å²) in [5.74, 6) is -0.0885. The monoisotopic (exact) mass is 249 g/mol. The first-order valence-electron chi connectivity index (χ1n) is 6.14. The molecule has 1 aliphatic rings. The molecule has 0 saturated carbocycles. The van der Waals surface area contributed by atoms with Crippen LogP contribution in [0.4, 0.5) is 5.69 Å². The molecule has 0 aromatic carbocycles. The van der Waals surface area contributed by atoms with E-state index in [-0.39, 0.29) is 12.0 Å². The number of nitrogens with one attached hydrogen (secondary N) is 1. The van der Waals surface area contributed by atoms with E-state index in [1.54, 1.807) is 26.4 Å². The highest BCUT2D eigenvalue weighted by molar-refractivity contribution is 5.92. The maximum absolute atomic E-state index is 11.8. The van der Waals surface area contributed by atoms with E-state index >= 15 is 0 Å². The van der Waals surface area contributed by atoms with E-state index in [4.69, 9.17) is 4.74 Å². The van der Waals surface area contributed by atoms with Gasteiger partial charge in [0.05, 0.1) is 12.1 Å². The molecule has 2 rings (SSSR count). The quantitative estimate of drug-likeness (QED) is 0.879. The predicted octanol–water partition coefficient (Wildman–Crippen LogP) is 1.37. The standard InChI is InChI=1S/C13H19N3O2/c1-9-11(5-7-18-9)15-10-4-6-14-12(8-10)13(17)16(2)3/h4,6,8-9,11H,5,7H2,1-3H3,(H,14,15). The molecule has 0 radical (unpaired) electrons. The van der Waals surface area contributed by atoms with Crippen LogP contribution in [-0.4, -0.2) is 48.6 Å². The van der Waals surface area contributed by atoms with Gasteiger partial charge in [0, 0.05) is 32.6 Å². The second-order valence-electron chi connectivity index (χ2n) is 4.74. The number of carbonyl (C=O) groups excluding carboxylic acids is 1. The average Bonchev–Trinajstić information content (AvgIpc) is 2.74. The number of nitrogens with zero attached hydrogens (tertiary/aromatic N) is 2. The Hall–Kier alpha value is -1.62. The van der Waals surface area contributed by atoms with Gasteiger partial charge in [-0.3, -0.25) is 9.78 Å². The number of hydrogen-bond donors (Lipinski definition) is 1. The third-order valence-electron chi connectivity index (χ3n) is 3.11. The fourth-order valence-electron chi connectivity index (χ4n) is 2.00. The van der Waals surface area contributed by atoms with Crippen molar-refractivity contribution in [2.75, 3.05) is 26.0 Å². The van der Waals surface area contributed by atoms with Gasteiger partial charge in [-0.1, -0.05) is 0 Å². The van der Waals surface area contributed by atoms with Gasteiger partial charge in [-0.15, -0.1) is 0 Å². The Kier molecular flexibility index (Phi) is 3.81. The van der Waals surface area contributed by atoms with Crippen molar-refractivity contribution in [3.63, 3.8) is 0 Å². The van der Waals surface area contributed by atoms with Crippen LogP contribution in [0.3, 0.4) is 0 Å². The van der Waals surface area contributed by atoms with Crippen molar-refractivity contribution in [3.8, 4) is 0 Å². The van der Waals surface area contributed by atoms with E-state index in [2.05, 4.69) is 17.2 Å². The minimum absolute atomic E-state index is 0.0885. The number of carbonyl (C=O) groups is 1. The largest absolute Gasteiger partial charge is 0.380 e. The Morgan fingerprint density at radius 2 is 2.33 bits per heavy atom. The highest BCUT2D eigenvalue weighted by atomic mass is 16.5. The molecule has 1 aromatic heterocycles. The molecule has 5 nitrogen and oxygen atoms in total. The summed E-state index contributed by atoms with van der Waals surface area (Å²) in [4.78, 5) is 17.4. The first-order valence-corrected chi connectivity index (χ1v) is 6.14. The molecule has 2 heterocycles. The van der Waals surface area contributed by atoms with E-state index in [9.17, 15) is 4.79 Å². The second kappa shape index (κ2) is 5.35. The van der Waals surface area contributed by atoms with Crippen LogP contribution in [0, 0.1) is 0 Å². The summed E-state index contributed by atoms with van der Waals surface area (Å²) in [6.45, 7) is 2.84. The minimum atomic E-state index is -0.0885. The number of rotatable bonds is 3. The Balaban J connectivity index is 2.10. The molecule has 5 heteroatoms. The van der Waals surface area contributed by atoms with Crippen LogP contribution >= 0.6 is 0 Å². The van der Waals surface area contributed by atoms with Gasteiger partial charge in [0.2, 0.25) is 0 Å². The van der Waals surface area contributed by atoms with Gasteiger partial charge in [0.1, 0.15) is 5.69 Å². The summed E-state index contributed by atoms with van der Waals surface area (Å²) < 4.78 is 5.50. The third-order valence-corrected chi connectivity index (χ3v) is 3.11. The highest BCUT2D eigenvalue weighted by Gasteiger charge is 2.24. The Labute approximate surface area is 107 Å². The molecule has 0 spiro atoms. The molecule has 1 amide bonds. The lowest BCUT2D eigenvalue weighted by Crippen LogP contribution is -2.27. The van der Waals surface area contributed by atoms with Gasteiger partial charge in [0.25, 0.3) is 5.91 Å². The molecule has 1 fully saturated rings. The zero-order chi connectivity index (χ0) is 13.1. The van der Waals surface area contributed by atoms with Crippen LogP contribution < -0.4 is 5.32 Å². The number of pyridine rings is 1. The number of amides is 1. The zero-order valence-corrected chi connectivity index (χ0v) is 11.0. The van der Waals surface area contributed by atoms with Gasteiger partial charge < -0.3 is 15.0 Å². The number of anilines is 1. The minimum Gasteiger partial charge on any atom is -0.380 e. The van der Waals surface area contributed by atoms with Crippen LogP contribution in [0.25, 0.3) is 0 Å². The van der Waals surface area contributed by atoms with E-state index < -0.39 is 0 Å². The summed E-state index contributed by atoms with van der Waals surface area (Å²) in [5, 5.41) is 3.39. The van der Waals surface area contributed by atoms with Crippen molar-refractivity contribution < 1.29 is 9.53 Å². The van der Waals surface area contributed by atoms with Crippen LogP contribution in [0.2, 0.25) is 0 Å². The fourth-order valence-corrected chi connectivity index (χ4v) is 2.00. The molecule has 2 unspecified atom stereocenters. The number of ether oxygens (including phenoxy) is 1. The molecular weight excluding hydrogens is 230 g/mol. The molecular formula is C13H19N3O2. The summed E-state index contributed by atoms with van der Waals surface area (Å²) in [7, 11) is 3.44. The lowest BCUT2D eigenvalue weighted by molar-refractivity contribution is 0.0822. The van der Waals surface area contributed by atoms with E-state index in [1.165, 1.54) is 4.90 Å². The summed E-state index contributed by atoms with van der Waals surface area (Å²) in [5.41, 5.74) is 1.37. The first-order chi connectivity index (χ1) is 8.58. The van der Waals surface area contributed by atoms with Crippen molar-refractivity contribution >= 4 is 11.6 Å². The van der Waals surface area contributed by atoms with Crippen LogP contribution in [0.5, 0.6) is 0 Å². The smallest absolute Gasteiger partial charge is 0.272 e. The summed E-state index contributed by atoms with van der Waals surface area (Å²) in [6.07, 6.45) is 2.84. The van der Waals surface area contributed by atoms with E-state index in [1.807, 2.05) is 6.07 Å². The lowest BCUT2D eigenvalue weighted by Gasteiger charge is -2.18. The first kappa shape index (κ1) is 12.8. The molecule has 1 saturated heterocycles. The predicted molar refractivity (Wildman–Crippen MR) is 69.7 cm³/mol. The molecule has 18 heavy (non-hydrogen) atoms. The molecule has 0 bridgehead atoms. The van der Waals surface area contributed by atoms with Gasteiger partial charge in [-0.05, 0) is 25.5 Å². The second-order valence-corrected chi connectivity index (χ2v) is 4.74. The molecule has 1 aromatic rings. The van der Waals surface area contributed by atoms with Crippen molar-refractivity contribution in [1.29, 1.82) is 0 Å². The SMILES string of the molecule is CC1OCCC1Nc1ccnc(C(=O)N(C)C)c1. The maximum Gasteiger partial charge on any atom is 0.272 e. The highest BCUT2D eigenvalue weighted by Crippen LogP contribution is 2.19. The van der Waals surface area contributed by atoms with Crippen LogP contribution in [0.15, 0.2) is 18.3 Å². The topological polar surface area (TPSA) is 54.5 Å². The Morgan fingerprint density at radius 1 is 1.56 bits per heavy atom. The normalized spacial score (nSPS) is 22.8. The molecule has 2 atom stereocenters. The molecule has 0 aliphatic carbocycles. The number of aromatic nitrogens is 1. The molecule has 1 N–H and O–H groups in total. The summed E-state index contributed by atoms with van der Waals surface area (Å²) >= 11 is 0. The molecule has 98 valence electrons. The van der Waals surface area contributed by atoms with Gasteiger partial charge in [0.15, 0.2) is 0 Å². The summed E-state index contributed by atoms with van der Waals surface area (Å²) in [6, 6.07) is 3.96. The van der Waals surface area contributed by atoms with Gasteiger partial charge in [-0.2, -0.15) is 0 Å². The Morgan fingerprint density at radius 3 is 2.94 bits per heavy atom. The third kappa shape index (κ3) is 2.79. The fraction of sp³-hybridized carbons (Fsp3) is 0.538.